The summed E-state index contributed by atoms with van der Waals surface area (Å²) < 4.78 is 2.60. The average molecular weight is 325 g/mol. The van der Waals surface area contributed by atoms with Gasteiger partial charge in [-0.05, 0) is 28.1 Å². The van der Waals surface area contributed by atoms with Crippen molar-refractivity contribution < 1.29 is 4.79 Å². The van der Waals surface area contributed by atoms with E-state index in [1.807, 2.05) is 12.1 Å². The number of halogens is 1. The number of aromatic nitrogens is 4. The smallest absolute Gasteiger partial charge is 0.234 e. The third kappa shape index (κ3) is 4.11. The summed E-state index contributed by atoms with van der Waals surface area (Å²) in [6.07, 6.45) is 3.50. The molecule has 2 aromatic rings. The van der Waals surface area contributed by atoms with E-state index in [9.17, 15) is 4.79 Å². The molecule has 0 unspecified atom stereocenters. The zero-order chi connectivity index (χ0) is 13.7. The molecular weight excluding hydrogens is 312 g/mol. The molecule has 0 aliphatic carbocycles. The monoisotopic (exact) mass is 324 g/mol. The number of hydrogen-bond donors (Lipinski definition) is 2. The molecule has 0 spiro atoms. The van der Waals surface area contributed by atoms with Crippen LogP contribution in [0.3, 0.4) is 0 Å². The van der Waals surface area contributed by atoms with Crippen molar-refractivity contribution in [3.63, 3.8) is 0 Å². The number of pyridine rings is 1. The minimum absolute atomic E-state index is 0.0308. The summed E-state index contributed by atoms with van der Waals surface area (Å²) in [5.41, 5.74) is 6.75. The van der Waals surface area contributed by atoms with Crippen molar-refractivity contribution in [1.29, 1.82) is 0 Å². The van der Waals surface area contributed by atoms with Crippen molar-refractivity contribution in [3.8, 4) is 0 Å². The number of rotatable bonds is 5. The lowest BCUT2D eigenvalue weighted by Crippen LogP contribution is -2.29. The quantitative estimate of drug-likeness (QED) is 0.810. The topological polar surface area (TPSA) is 98.7 Å². The van der Waals surface area contributed by atoms with Gasteiger partial charge in [0.25, 0.3) is 0 Å². The largest absolute Gasteiger partial charge is 0.349 e. The average Bonchev–Trinajstić information content (AvgIpc) is 2.86. The SMILES string of the molecule is NCC(=O)NCc1cn(Cc2ccc(Br)cn2)nn1. The van der Waals surface area contributed by atoms with Crippen LogP contribution in [0.2, 0.25) is 0 Å². The summed E-state index contributed by atoms with van der Waals surface area (Å²) in [6.45, 7) is 0.825. The molecule has 0 saturated heterocycles. The zero-order valence-corrected chi connectivity index (χ0v) is 11.7. The Bertz CT molecular complexity index is 553. The van der Waals surface area contributed by atoms with Gasteiger partial charge in [0.2, 0.25) is 5.91 Å². The van der Waals surface area contributed by atoms with Gasteiger partial charge in [-0.2, -0.15) is 0 Å². The number of hydrogen-bond acceptors (Lipinski definition) is 5. The Labute approximate surface area is 118 Å². The van der Waals surface area contributed by atoms with Crippen LogP contribution in [0.25, 0.3) is 0 Å². The van der Waals surface area contributed by atoms with Gasteiger partial charge in [-0.25, -0.2) is 4.68 Å². The molecule has 3 N–H and O–H groups in total. The van der Waals surface area contributed by atoms with Crippen LogP contribution >= 0.6 is 15.9 Å². The second kappa shape index (κ2) is 6.39. The highest BCUT2D eigenvalue weighted by Gasteiger charge is 2.04. The number of nitrogens with two attached hydrogens (primary N) is 1. The molecule has 0 aliphatic rings. The second-order valence-corrected chi connectivity index (χ2v) is 4.77. The maximum Gasteiger partial charge on any atom is 0.234 e. The molecule has 19 heavy (non-hydrogen) atoms. The van der Waals surface area contributed by atoms with Crippen LogP contribution in [0.15, 0.2) is 29.0 Å². The zero-order valence-electron chi connectivity index (χ0n) is 10.1. The van der Waals surface area contributed by atoms with Crippen LogP contribution in [0, 0.1) is 0 Å². The fraction of sp³-hybridized carbons (Fsp3) is 0.273. The van der Waals surface area contributed by atoms with Crippen LogP contribution in [0.5, 0.6) is 0 Å². The highest BCUT2D eigenvalue weighted by Crippen LogP contribution is 2.08. The predicted molar refractivity (Wildman–Crippen MR) is 72.0 cm³/mol. The van der Waals surface area contributed by atoms with Crippen LogP contribution in [0.1, 0.15) is 11.4 Å². The molecule has 2 rings (SSSR count). The van der Waals surface area contributed by atoms with Crippen LogP contribution in [-0.2, 0) is 17.9 Å². The van der Waals surface area contributed by atoms with Crippen molar-refractivity contribution in [2.45, 2.75) is 13.1 Å². The van der Waals surface area contributed by atoms with E-state index in [1.165, 1.54) is 0 Å². The van der Waals surface area contributed by atoms with Crippen LogP contribution < -0.4 is 11.1 Å². The number of nitrogens with one attached hydrogen (secondary N) is 1. The van der Waals surface area contributed by atoms with E-state index in [0.29, 0.717) is 18.8 Å². The Morgan fingerprint density at radius 3 is 2.95 bits per heavy atom. The van der Waals surface area contributed by atoms with Crippen LogP contribution in [0.4, 0.5) is 0 Å². The molecule has 0 saturated carbocycles. The van der Waals surface area contributed by atoms with Crippen LogP contribution in [-0.4, -0.2) is 32.4 Å². The number of carbonyl (C=O) groups excluding carboxylic acids is 1. The number of carbonyl (C=O) groups is 1. The Hall–Kier alpha value is -1.80. The first-order chi connectivity index (χ1) is 9.17. The van der Waals surface area contributed by atoms with Gasteiger partial charge < -0.3 is 11.1 Å². The van der Waals surface area contributed by atoms with Gasteiger partial charge in [0.1, 0.15) is 5.69 Å². The highest BCUT2D eigenvalue weighted by molar-refractivity contribution is 9.10. The molecule has 1 amide bonds. The minimum Gasteiger partial charge on any atom is -0.349 e. The van der Waals surface area contributed by atoms with Gasteiger partial charge in [0, 0.05) is 10.7 Å². The van der Waals surface area contributed by atoms with Gasteiger partial charge in [-0.15, -0.1) is 5.10 Å². The Morgan fingerprint density at radius 1 is 1.42 bits per heavy atom. The van der Waals surface area contributed by atoms with E-state index in [2.05, 4.69) is 36.5 Å². The molecule has 100 valence electrons. The fourth-order valence-electron chi connectivity index (χ4n) is 1.42. The second-order valence-electron chi connectivity index (χ2n) is 3.86. The fourth-order valence-corrected chi connectivity index (χ4v) is 1.66. The van der Waals surface area contributed by atoms with Crippen molar-refractivity contribution >= 4 is 21.8 Å². The van der Waals surface area contributed by atoms with E-state index in [0.717, 1.165) is 10.2 Å². The number of amides is 1. The lowest BCUT2D eigenvalue weighted by Gasteiger charge is -2.00. The first-order valence-electron chi connectivity index (χ1n) is 5.63. The molecule has 0 fully saturated rings. The van der Waals surface area contributed by atoms with Gasteiger partial charge in [0.15, 0.2) is 0 Å². The molecular formula is C11H13BrN6O. The van der Waals surface area contributed by atoms with Gasteiger partial charge in [0.05, 0.1) is 31.5 Å². The molecule has 8 heteroatoms. The summed E-state index contributed by atoms with van der Waals surface area (Å²) in [4.78, 5) is 15.3. The summed E-state index contributed by atoms with van der Waals surface area (Å²) >= 11 is 3.33. The molecule has 0 radical (unpaired) electrons. The lowest BCUT2D eigenvalue weighted by atomic mass is 10.3. The Balaban J connectivity index is 1.93. The molecule has 2 aromatic heterocycles. The summed E-state index contributed by atoms with van der Waals surface area (Å²) in [5, 5.41) is 10.6. The minimum atomic E-state index is -0.218. The third-order valence-electron chi connectivity index (χ3n) is 2.35. The van der Waals surface area contributed by atoms with Crippen molar-refractivity contribution in [2.75, 3.05) is 6.54 Å². The third-order valence-corrected chi connectivity index (χ3v) is 2.82. The maximum absolute atomic E-state index is 11.0. The summed E-state index contributed by atoms with van der Waals surface area (Å²) in [6, 6.07) is 3.82. The molecule has 0 bridgehead atoms. The standard InChI is InChI=1S/C11H13BrN6O/c12-8-1-2-9(14-4-8)6-18-7-10(16-17-18)5-15-11(19)3-13/h1-2,4,7H,3,5-6,13H2,(H,15,19). The van der Waals surface area contributed by atoms with Gasteiger partial charge in [-0.3, -0.25) is 9.78 Å². The van der Waals surface area contributed by atoms with Crippen molar-refractivity contribution in [1.82, 2.24) is 25.3 Å². The van der Waals surface area contributed by atoms with Crippen molar-refractivity contribution in [2.24, 2.45) is 5.73 Å². The van der Waals surface area contributed by atoms with E-state index in [1.54, 1.807) is 17.1 Å². The molecule has 0 aliphatic heterocycles. The normalized spacial score (nSPS) is 10.4. The summed E-state index contributed by atoms with van der Waals surface area (Å²) in [7, 11) is 0. The molecule has 0 aromatic carbocycles. The summed E-state index contributed by atoms with van der Waals surface area (Å²) in [5.74, 6) is -0.218. The Morgan fingerprint density at radius 2 is 2.26 bits per heavy atom. The van der Waals surface area contributed by atoms with E-state index in [4.69, 9.17) is 5.73 Å². The predicted octanol–water partition coefficient (Wildman–Crippen LogP) is 0.0588. The van der Waals surface area contributed by atoms with Gasteiger partial charge in [-0.1, -0.05) is 5.21 Å². The lowest BCUT2D eigenvalue weighted by molar-refractivity contribution is -0.119. The first kappa shape index (κ1) is 13.6. The van der Waals surface area contributed by atoms with E-state index < -0.39 is 0 Å². The maximum atomic E-state index is 11.0. The first-order valence-corrected chi connectivity index (χ1v) is 6.43. The van der Waals surface area contributed by atoms with E-state index >= 15 is 0 Å². The Kier molecular flexibility index (Phi) is 4.58. The highest BCUT2D eigenvalue weighted by atomic mass is 79.9. The number of nitrogens with zero attached hydrogens (tertiary/aromatic N) is 4. The van der Waals surface area contributed by atoms with Crippen molar-refractivity contribution in [3.05, 3.63) is 40.4 Å². The van der Waals surface area contributed by atoms with Gasteiger partial charge >= 0.3 is 0 Å². The molecule has 0 atom stereocenters. The molecule has 7 nitrogen and oxygen atoms in total. The van der Waals surface area contributed by atoms with E-state index in [-0.39, 0.29) is 12.5 Å². The molecule has 2 heterocycles.